The molecule has 1 aromatic carbocycles. The Morgan fingerprint density at radius 2 is 1.86 bits per heavy atom. The van der Waals surface area contributed by atoms with Gasteiger partial charge in [0.05, 0.1) is 21.0 Å². The van der Waals surface area contributed by atoms with E-state index in [1.54, 1.807) is 34.6 Å². The molecule has 3 heterocycles. The number of sulfonamides is 1. The van der Waals surface area contributed by atoms with E-state index in [1.807, 2.05) is 24.3 Å². The van der Waals surface area contributed by atoms with Gasteiger partial charge in [-0.3, -0.25) is 19.2 Å². The van der Waals surface area contributed by atoms with Crippen LogP contribution in [-0.2, 0) is 24.4 Å². The summed E-state index contributed by atoms with van der Waals surface area (Å²) in [6.07, 6.45) is 0.665. The normalized spacial score (nSPS) is 25.9. The second-order valence-electron chi connectivity index (χ2n) is 14.3. The number of Topliss-reactive ketones (excluding diaryl/α,β-unsaturated/α-hetero) is 1. The lowest BCUT2D eigenvalue weighted by atomic mass is 9.94. The molecule has 1 aliphatic carbocycles. The van der Waals surface area contributed by atoms with Crippen LogP contribution in [0.15, 0.2) is 24.3 Å². The number of carbonyl (C=O) groups excluding carboxylic acids is 4. The number of thiazole rings is 1. The molecular weight excluding hydrogens is 603 g/mol. The second kappa shape index (κ2) is 11.5. The summed E-state index contributed by atoms with van der Waals surface area (Å²) in [5, 5.41) is 5.98. The number of piperidine rings is 1. The van der Waals surface area contributed by atoms with Crippen molar-refractivity contribution in [2.45, 2.75) is 84.2 Å². The van der Waals surface area contributed by atoms with Crippen LogP contribution in [0, 0.1) is 29.1 Å². The number of para-hydroxylation sites is 1. The average molecular weight is 646 g/mol. The summed E-state index contributed by atoms with van der Waals surface area (Å²) < 4.78 is 28.4. The van der Waals surface area contributed by atoms with Gasteiger partial charge in [0.2, 0.25) is 33.5 Å². The quantitative estimate of drug-likeness (QED) is 0.336. The van der Waals surface area contributed by atoms with Gasteiger partial charge in [0, 0.05) is 19.0 Å². The molecule has 0 bridgehead atoms. The third-order valence-corrected chi connectivity index (χ3v) is 12.8. The summed E-state index contributed by atoms with van der Waals surface area (Å²) in [7, 11) is -3.86. The zero-order valence-electron chi connectivity index (χ0n) is 26.3. The van der Waals surface area contributed by atoms with Gasteiger partial charge in [0.25, 0.3) is 0 Å². The number of nitrogens with zero attached hydrogens (tertiary/aromatic N) is 2. The molecule has 13 heteroatoms. The fourth-order valence-electron chi connectivity index (χ4n) is 6.58. The first-order valence-electron chi connectivity index (χ1n) is 15.2. The van der Waals surface area contributed by atoms with E-state index in [0.717, 1.165) is 4.70 Å². The number of carbonyl (C=O) groups is 4. The van der Waals surface area contributed by atoms with Gasteiger partial charge in [0.15, 0.2) is 5.01 Å². The summed E-state index contributed by atoms with van der Waals surface area (Å²) in [5.74, 6) is -2.37. The van der Waals surface area contributed by atoms with Crippen molar-refractivity contribution in [3.05, 3.63) is 29.3 Å². The lowest BCUT2D eigenvalue weighted by Gasteiger charge is -2.35. The number of fused-ring (bicyclic) bond motifs is 2. The van der Waals surface area contributed by atoms with Crippen molar-refractivity contribution in [3.63, 3.8) is 0 Å². The first-order chi connectivity index (χ1) is 20.4. The number of benzene rings is 1. The molecule has 3 unspecified atom stereocenters. The van der Waals surface area contributed by atoms with Crippen LogP contribution in [0.4, 0.5) is 0 Å². The van der Waals surface area contributed by atoms with Crippen molar-refractivity contribution in [2.24, 2.45) is 29.1 Å². The SMILES string of the molecule is CC(C)[C@H](NS(=O)(=O)C(C)(C)C)C(=O)N1CC2C(C1C(=O)N[C@@H](C[C@@H]1CCNC1=O)C(=O)c1nc3ccccc3s1)C2(C)C. The Hall–Kier alpha value is -2.90. The molecule has 2 saturated heterocycles. The molecule has 3 fully saturated rings. The highest BCUT2D eigenvalue weighted by molar-refractivity contribution is 7.90. The van der Waals surface area contributed by atoms with Gasteiger partial charge in [-0.1, -0.05) is 39.8 Å². The van der Waals surface area contributed by atoms with Gasteiger partial charge >= 0.3 is 0 Å². The summed E-state index contributed by atoms with van der Waals surface area (Å²) >= 11 is 1.24. The van der Waals surface area contributed by atoms with Crippen molar-refractivity contribution in [2.75, 3.05) is 13.1 Å². The van der Waals surface area contributed by atoms with Gasteiger partial charge in [0.1, 0.15) is 12.1 Å². The maximum absolute atomic E-state index is 14.2. The molecule has 5 rings (SSSR count). The third-order valence-electron chi connectivity index (χ3n) is 9.60. The van der Waals surface area contributed by atoms with Crippen LogP contribution in [0.2, 0.25) is 0 Å². The first-order valence-corrected chi connectivity index (χ1v) is 17.5. The Bertz CT molecular complexity index is 1560. The molecule has 3 aliphatic rings. The molecule has 44 heavy (non-hydrogen) atoms. The van der Waals surface area contributed by atoms with E-state index < -0.39 is 50.6 Å². The second-order valence-corrected chi connectivity index (χ2v) is 17.8. The van der Waals surface area contributed by atoms with Crippen molar-refractivity contribution in [3.8, 4) is 0 Å². The summed E-state index contributed by atoms with van der Waals surface area (Å²) in [5.41, 5.74) is 0.478. The van der Waals surface area contributed by atoms with E-state index in [4.69, 9.17) is 0 Å². The van der Waals surface area contributed by atoms with Gasteiger partial charge < -0.3 is 15.5 Å². The Morgan fingerprint density at radius 3 is 2.45 bits per heavy atom. The topological polar surface area (TPSA) is 155 Å². The van der Waals surface area contributed by atoms with Crippen LogP contribution >= 0.6 is 11.3 Å². The van der Waals surface area contributed by atoms with Gasteiger partial charge in [-0.15, -0.1) is 11.3 Å². The molecule has 11 nitrogen and oxygen atoms in total. The molecule has 2 aromatic rings. The molecular formula is C31H43N5O6S2. The van der Waals surface area contributed by atoms with Crippen LogP contribution < -0.4 is 15.4 Å². The number of hydrogen-bond acceptors (Lipinski definition) is 8. The minimum Gasteiger partial charge on any atom is -0.356 e. The van der Waals surface area contributed by atoms with Crippen molar-refractivity contribution >= 4 is 55.1 Å². The monoisotopic (exact) mass is 645 g/mol. The Kier molecular flexibility index (Phi) is 8.47. The predicted molar refractivity (Wildman–Crippen MR) is 168 cm³/mol. The zero-order valence-corrected chi connectivity index (χ0v) is 28.0. The summed E-state index contributed by atoms with van der Waals surface area (Å²) in [6.45, 7) is 13.2. The minimum absolute atomic E-state index is 0.0632. The van der Waals surface area contributed by atoms with Crippen LogP contribution in [0.1, 0.15) is 71.1 Å². The van der Waals surface area contributed by atoms with E-state index in [-0.39, 0.29) is 46.3 Å². The third kappa shape index (κ3) is 5.90. The Labute approximate surface area is 263 Å². The van der Waals surface area contributed by atoms with E-state index in [1.165, 1.54) is 16.2 Å². The highest BCUT2D eigenvalue weighted by Crippen LogP contribution is 2.65. The number of hydrogen-bond donors (Lipinski definition) is 3. The van der Waals surface area contributed by atoms with Gasteiger partial charge in [-0.2, -0.15) is 0 Å². The van der Waals surface area contributed by atoms with Crippen LogP contribution in [0.3, 0.4) is 0 Å². The number of ketones is 1. The van der Waals surface area contributed by atoms with E-state index in [0.29, 0.717) is 25.0 Å². The predicted octanol–water partition coefficient (Wildman–Crippen LogP) is 2.72. The summed E-state index contributed by atoms with van der Waals surface area (Å²) in [4.78, 5) is 60.6. The van der Waals surface area contributed by atoms with Crippen LogP contribution in [0.25, 0.3) is 10.2 Å². The lowest BCUT2D eigenvalue weighted by molar-refractivity contribution is -0.142. The number of aromatic nitrogens is 1. The largest absolute Gasteiger partial charge is 0.356 e. The van der Waals surface area contributed by atoms with Crippen LogP contribution in [-0.4, -0.2) is 77.8 Å². The molecule has 6 atom stereocenters. The highest BCUT2D eigenvalue weighted by atomic mass is 32.2. The van der Waals surface area contributed by atoms with Gasteiger partial charge in [-0.05, 0) is 68.9 Å². The van der Waals surface area contributed by atoms with Gasteiger partial charge in [-0.25, -0.2) is 18.1 Å². The fourth-order valence-corrected chi connectivity index (χ4v) is 8.60. The lowest BCUT2D eigenvalue weighted by Crippen LogP contribution is -2.59. The van der Waals surface area contributed by atoms with E-state index in [9.17, 15) is 27.6 Å². The Morgan fingerprint density at radius 1 is 1.18 bits per heavy atom. The summed E-state index contributed by atoms with van der Waals surface area (Å²) in [6, 6.07) is 4.43. The average Bonchev–Trinajstić information content (AvgIpc) is 3.45. The minimum atomic E-state index is -3.86. The van der Waals surface area contributed by atoms with Crippen LogP contribution in [0.5, 0.6) is 0 Å². The maximum Gasteiger partial charge on any atom is 0.243 e. The zero-order chi connectivity index (χ0) is 32.4. The van der Waals surface area contributed by atoms with E-state index in [2.05, 4.69) is 34.2 Å². The molecule has 3 N–H and O–H groups in total. The number of amides is 3. The highest BCUT2D eigenvalue weighted by Gasteiger charge is 2.69. The van der Waals surface area contributed by atoms with Crippen molar-refractivity contribution in [1.29, 1.82) is 0 Å². The first kappa shape index (κ1) is 32.5. The standard InChI is InChI=1S/C31H43N5O6S2/c1-16(2)23(35-44(41,42)30(3,4)5)29(40)36-15-18-22(31(18,6)7)24(36)27(39)33-20(14-17-12-13-32-26(17)38)25(37)28-34-19-10-8-9-11-21(19)43-28/h8-11,16-18,20,22-24,35H,12-15H2,1-7H3,(H,32,38)(H,33,39)/t17-,18?,20-,22?,23-,24?/m0/s1. The number of likely N-dealkylation sites (tertiary alicyclic amines) is 1. The van der Waals surface area contributed by atoms with Crippen molar-refractivity contribution in [1.82, 2.24) is 25.2 Å². The van der Waals surface area contributed by atoms with Crippen molar-refractivity contribution < 1.29 is 27.6 Å². The van der Waals surface area contributed by atoms with E-state index >= 15 is 0 Å². The smallest absolute Gasteiger partial charge is 0.243 e. The maximum atomic E-state index is 14.2. The Balaban J connectivity index is 1.43. The molecule has 1 aromatic heterocycles. The number of rotatable bonds is 10. The molecule has 2 aliphatic heterocycles. The molecule has 1 saturated carbocycles. The number of nitrogens with one attached hydrogen (secondary N) is 3. The molecule has 0 radical (unpaired) electrons. The molecule has 3 amide bonds. The fraction of sp³-hybridized carbons (Fsp3) is 0.645. The molecule has 240 valence electrons. The molecule has 0 spiro atoms.